The van der Waals surface area contributed by atoms with Gasteiger partial charge in [-0.3, -0.25) is 10.1 Å². The minimum absolute atomic E-state index is 0.180. The van der Waals surface area contributed by atoms with Crippen LogP contribution in [0.2, 0.25) is 0 Å². The van der Waals surface area contributed by atoms with Gasteiger partial charge < -0.3 is 5.73 Å². The van der Waals surface area contributed by atoms with Crippen molar-refractivity contribution in [2.24, 2.45) is 0 Å². The zero-order valence-electron chi connectivity index (χ0n) is 11.4. The normalized spacial score (nSPS) is 12.2. The fourth-order valence-corrected chi connectivity index (χ4v) is 2.06. The van der Waals surface area contributed by atoms with Crippen molar-refractivity contribution >= 4 is 11.5 Å². The number of rotatable bonds is 2. The third kappa shape index (κ3) is 3.24. The zero-order chi connectivity index (χ0) is 18.3. The number of alkyl halides is 6. The van der Waals surface area contributed by atoms with Crippen LogP contribution in [0.5, 0.6) is 0 Å². The summed E-state index contributed by atoms with van der Waals surface area (Å²) in [5, 5.41) is 10.8. The molecule has 2 N–H and O–H groups in total. The average molecular weight is 351 g/mol. The maximum Gasteiger partial charge on any atom is 0.423 e. The molecule has 0 aliphatic carbocycles. The third-order valence-electron chi connectivity index (χ3n) is 3.02. The van der Waals surface area contributed by atoms with Crippen molar-refractivity contribution in [3.8, 4) is 11.3 Å². The second-order valence-electron chi connectivity index (χ2n) is 4.59. The Labute approximate surface area is 129 Å². The van der Waals surface area contributed by atoms with Crippen LogP contribution in [0.1, 0.15) is 11.1 Å². The number of halogens is 6. The van der Waals surface area contributed by atoms with E-state index in [2.05, 4.69) is 4.98 Å². The highest BCUT2D eigenvalue weighted by Gasteiger charge is 2.42. The molecule has 128 valence electrons. The fourth-order valence-electron chi connectivity index (χ4n) is 2.06. The number of aromatic nitrogens is 1. The molecule has 0 saturated carbocycles. The van der Waals surface area contributed by atoms with Gasteiger partial charge in [0.1, 0.15) is 5.56 Å². The van der Waals surface area contributed by atoms with E-state index in [-0.39, 0.29) is 6.07 Å². The van der Waals surface area contributed by atoms with E-state index in [1.807, 2.05) is 0 Å². The lowest BCUT2D eigenvalue weighted by atomic mass is 10.0. The number of benzene rings is 1. The minimum Gasteiger partial charge on any atom is -0.378 e. The molecule has 1 aromatic carbocycles. The highest BCUT2D eigenvalue weighted by molar-refractivity contribution is 5.71. The van der Waals surface area contributed by atoms with E-state index < -0.39 is 51.2 Å². The Morgan fingerprint density at radius 3 is 2.04 bits per heavy atom. The molecular weight excluding hydrogens is 344 g/mol. The van der Waals surface area contributed by atoms with Gasteiger partial charge in [-0.05, 0) is 12.1 Å². The van der Waals surface area contributed by atoms with Crippen LogP contribution in [0, 0.1) is 10.1 Å². The Balaban J connectivity index is 2.80. The Bertz CT molecular complexity index is 801. The topological polar surface area (TPSA) is 82.0 Å². The molecule has 5 nitrogen and oxygen atoms in total. The van der Waals surface area contributed by atoms with Crippen molar-refractivity contribution in [3.63, 3.8) is 0 Å². The Morgan fingerprint density at radius 2 is 1.54 bits per heavy atom. The molecule has 0 saturated heterocycles. The van der Waals surface area contributed by atoms with Crippen molar-refractivity contribution in [1.82, 2.24) is 4.98 Å². The highest BCUT2D eigenvalue weighted by atomic mass is 19.4. The van der Waals surface area contributed by atoms with Gasteiger partial charge in [-0.25, -0.2) is 4.98 Å². The number of anilines is 1. The van der Waals surface area contributed by atoms with E-state index in [4.69, 9.17) is 5.73 Å². The first-order valence-electron chi connectivity index (χ1n) is 6.11. The molecule has 24 heavy (non-hydrogen) atoms. The van der Waals surface area contributed by atoms with Gasteiger partial charge >= 0.3 is 18.0 Å². The van der Waals surface area contributed by atoms with Gasteiger partial charge in [0, 0.05) is 5.56 Å². The first-order chi connectivity index (χ1) is 10.9. The molecule has 11 heteroatoms. The van der Waals surface area contributed by atoms with E-state index in [1.165, 1.54) is 0 Å². The SMILES string of the molecule is Nc1nc(-c2ccccc2C(F)(F)F)cc(C(F)(F)F)c1[N+](=O)[O-]. The van der Waals surface area contributed by atoms with Crippen molar-refractivity contribution in [2.75, 3.05) is 5.73 Å². The predicted molar refractivity (Wildman–Crippen MR) is 70.7 cm³/mol. The Morgan fingerprint density at radius 1 is 1.00 bits per heavy atom. The molecule has 0 fully saturated rings. The lowest BCUT2D eigenvalue weighted by Gasteiger charge is -2.14. The first kappa shape index (κ1) is 17.5. The van der Waals surface area contributed by atoms with Crippen LogP contribution in [-0.4, -0.2) is 9.91 Å². The smallest absolute Gasteiger partial charge is 0.378 e. The molecule has 0 aliphatic heterocycles. The van der Waals surface area contributed by atoms with Gasteiger partial charge in [-0.1, -0.05) is 18.2 Å². The van der Waals surface area contributed by atoms with Crippen molar-refractivity contribution in [3.05, 3.63) is 51.6 Å². The summed E-state index contributed by atoms with van der Waals surface area (Å²) in [6.45, 7) is 0. The monoisotopic (exact) mass is 351 g/mol. The number of hydrogen-bond acceptors (Lipinski definition) is 4. The summed E-state index contributed by atoms with van der Waals surface area (Å²) in [6, 6.07) is 3.94. The molecule has 1 heterocycles. The lowest BCUT2D eigenvalue weighted by molar-refractivity contribution is -0.387. The molecule has 0 amide bonds. The number of hydrogen-bond donors (Lipinski definition) is 1. The zero-order valence-corrected chi connectivity index (χ0v) is 11.4. The van der Waals surface area contributed by atoms with E-state index in [0.717, 1.165) is 18.2 Å². The lowest BCUT2D eigenvalue weighted by Crippen LogP contribution is -2.13. The van der Waals surface area contributed by atoms with Crippen LogP contribution in [0.4, 0.5) is 37.8 Å². The van der Waals surface area contributed by atoms with Gasteiger partial charge in [0.05, 0.1) is 16.2 Å². The largest absolute Gasteiger partial charge is 0.423 e. The number of nitrogens with zero attached hydrogens (tertiary/aromatic N) is 2. The van der Waals surface area contributed by atoms with E-state index >= 15 is 0 Å². The van der Waals surface area contributed by atoms with Crippen LogP contribution in [0.25, 0.3) is 11.3 Å². The molecule has 2 aromatic rings. The highest BCUT2D eigenvalue weighted by Crippen LogP contribution is 2.42. The number of nitrogen functional groups attached to an aromatic ring is 1. The average Bonchev–Trinajstić information content (AvgIpc) is 2.44. The maximum absolute atomic E-state index is 13.0. The van der Waals surface area contributed by atoms with Crippen LogP contribution in [-0.2, 0) is 12.4 Å². The van der Waals surface area contributed by atoms with Crippen LogP contribution in [0.15, 0.2) is 30.3 Å². The molecule has 0 atom stereocenters. The summed E-state index contributed by atoms with van der Waals surface area (Å²) >= 11 is 0. The number of pyridine rings is 1. The van der Waals surface area contributed by atoms with Gasteiger partial charge in [0.15, 0.2) is 0 Å². The molecule has 0 unspecified atom stereocenters. The number of nitro groups is 1. The molecule has 0 radical (unpaired) electrons. The van der Waals surface area contributed by atoms with Gasteiger partial charge in [-0.2, -0.15) is 26.3 Å². The molecule has 0 spiro atoms. The maximum atomic E-state index is 13.0. The van der Waals surface area contributed by atoms with Crippen LogP contribution < -0.4 is 5.73 Å². The summed E-state index contributed by atoms with van der Waals surface area (Å²) < 4.78 is 78.0. The summed E-state index contributed by atoms with van der Waals surface area (Å²) in [5.41, 5.74) is -0.765. The predicted octanol–water partition coefficient (Wildman–Crippen LogP) is 4.28. The molecular formula is C13H7F6N3O2. The van der Waals surface area contributed by atoms with E-state index in [1.54, 1.807) is 0 Å². The van der Waals surface area contributed by atoms with Gasteiger partial charge in [0.25, 0.3) is 0 Å². The quantitative estimate of drug-likeness (QED) is 0.497. The summed E-state index contributed by atoms with van der Waals surface area (Å²) in [6.07, 6.45) is -10.0. The minimum atomic E-state index is -5.19. The summed E-state index contributed by atoms with van der Waals surface area (Å²) in [4.78, 5) is 12.7. The van der Waals surface area contributed by atoms with Crippen molar-refractivity contribution < 1.29 is 31.3 Å². The Kier molecular flexibility index (Phi) is 4.12. The second kappa shape index (κ2) is 5.65. The molecule has 0 bridgehead atoms. The molecule has 1 aromatic heterocycles. The summed E-state index contributed by atoms with van der Waals surface area (Å²) in [7, 11) is 0. The summed E-state index contributed by atoms with van der Waals surface area (Å²) in [5.74, 6) is -1.12. The third-order valence-corrected chi connectivity index (χ3v) is 3.02. The second-order valence-corrected chi connectivity index (χ2v) is 4.59. The molecule has 2 rings (SSSR count). The molecule has 0 aliphatic rings. The Hall–Kier alpha value is -2.85. The first-order valence-corrected chi connectivity index (χ1v) is 6.11. The van der Waals surface area contributed by atoms with Crippen molar-refractivity contribution in [2.45, 2.75) is 12.4 Å². The van der Waals surface area contributed by atoms with Crippen molar-refractivity contribution in [1.29, 1.82) is 0 Å². The number of nitrogens with two attached hydrogens (primary N) is 1. The van der Waals surface area contributed by atoms with Gasteiger partial charge in [0.2, 0.25) is 5.82 Å². The fraction of sp³-hybridized carbons (Fsp3) is 0.154. The van der Waals surface area contributed by atoms with E-state index in [9.17, 15) is 36.5 Å². The van der Waals surface area contributed by atoms with Crippen LogP contribution in [0.3, 0.4) is 0 Å². The van der Waals surface area contributed by atoms with Gasteiger partial charge in [-0.15, -0.1) is 0 Å². The standard InChI is InChI=1S/C13H7F6N3O2/c14-12(15,16)7-4-2-1-3-6(7)9-5-8(13(17,18)19)10(22(23)24)11(20)21-9/h1-5H,(H2,20,21). The van der Waals surface area contributed by atoms with Crippen LogP contribution >= 0.6 is 0 Å². The van der Waals surface area contributed by atoms with E-state index in [0.29, 0.717) is 6.07 Å².